The number of ether oxygens (including phenoxy) is 1. The molecule has 3 N–H and O–H groups in total. The third-order valence-electron chi connectivity index (χ3n) is 7.69. The topological polar surface area (TPSA) is 133 Å². The summed E-state index contributed by atoms with van der Waals surface area (Å²) in [6.07, 6.45) is 4.41. The van der Waals surface area contributed by atoms with Crippen LogP contribution in [0.25, 0.3) is 22.0 Å². The van der Waals surface area contributed by atoms with Crippen molar-refractivity contribution in [1.29, 1.82) is 0 Å². The number of pyridine rings is 1. The van der Waals surface area contributed by atoms with Crippen LogP contribution in [0.1, 0.15) is 39.3 Å². The van der Waals surface area contributed by atoms with Crippen LogP contribution in [0.4, 0.5) is 20.8 Å². The third kappa shape index (κ3) is 7.80. The van der Waals surface area contributed by atoms with Crippen LogP contribution >= 0.6 is 11.6 Å². The lowest BCUT2D eigenvalue weighted by Crippen LogP contribution is -2.56. The van der Waals surface area contributed by atoms with Crippen LogP contribution in [0.5, 0.6) is 0 Å². The van der Waals surface area contributed by atoms with E-state index in [1.165, 1.54) is 6.07 Å². The SMILES string of the molecule is C[C@@H](Nc1c(Cl)cnc2ccc(-c3cnc(N4CCN(C(CNC(=O)OC(C)(C)C)C(=O)O)CC4)nc3)cc12)c1ccccc1F. The molecule has 46 heavy (non-hydrogen) atoms. The zero-order valence-electron chi connectivity index (χ0n) is 26.1. The lowest BCUT2D eigenvalue weighted by molar-refractivity contribution is -0.143. The van der Waals surface area contributed by atoms with E-state index in [0.29, 0.717) is 48.4 Å². The van der Waals surface area contributed by atoms with Crippen LogP contribution in [0.3, 0.4) is 0 Å². The smallest absolute Gasteiger partial charge is 0.407 e. The summed E-state index contributed by atoms with van der Waals surface area (Å²) in [5.41, 5.74) is 2.88. The van der Waals surface area contributed by atoms with Crippen molar-refractivity contribution in [2.24, 2.45) is 0 Å². The number of rotatable bonds is 9. The lowest BCUT2D eigenvalue weighted by Gasteiger charge is -2.37. The van der Waals surface area contributed by atoms with E-state index >= 15 is 0 Å². The molecule has 4 aromatic rings. The highest BCUT2D eigenvalue weighted by Crippen LogP contribution is 2.35. The molecule has 1 saturated heterocycles. The first kappa shape index (κ1) is 32.8. The maximum Gasteiger partial charge on any atom is 0.407 e. The number of hydrogen-bond donors (Lipinski definition) is 3. The summed E-state index contributed by atoms with van der Waals surface area (Å²) < 4.78 is 19.7. The van der Waals surface area contributed by atoms with E-state index in [0.717, 1.165) is 22.0 Å². The third-order valence-corrected chi connectivity index (χ3v) is 7.97. The number of aromatic nitrogens is 3. The minimum atomic E-state index is -1.02. The molecule has 5 rings (SSSR count). The van der Waals surface area contributed by atoms with Gasteiger partial charge in [-0.1, -0.05) is 35.9 Å². The number of carboxylic acid groups (broad SMARTS) is 1. The number of halogens is 2. The molecular formula is C33H37ClFN7O4. The first-order valence-electron chi connectivity index (χ1n) is 15.0. The first-order valence-corrected chi connectivity index (χ1v) is 15.4. The Labute approximate surface area is 271 Å². The van der Waals surface area contributed by atoms with Gasteiger partial charge >= 0.3 is 12.1 Å². The predicted octanol–water partition coefficient (Wildman–Crippen LogP) is 5.76. The molecule has 13 heteroatoms. The van der Waals surface area contributed by atoms with Crippen molar-refractivity contribution in [2.75, 3.05) is 42.9 Å². The number of fused-ring (bicyclic) bond motifs is 1. The second-order valence-corrected chi connectivity index (χ2v) is 12.5. The molecule has 2 aromatic heterocycles. The molecule has 1 amide bonds. The van der Waals surface area contributed by atoms with Gasteiger partial charge in [0.25, 0.3) is 0 Å². The van der Waals surface area contributed by atoms with Gasteiger partial charge in [0, 0.05) is 67.8 Å². The zero-order valence-corrected chi connectivity index (χ0v) is 26.9. The minimum absolute atomic E-state index is 0.0682. The van der Waals surface area contributed by atoms with Gasteiger partial charge in [0.15, 0.2) is 0 Å². The Kier molecular flexibility index (Phi) is 9.88. The molecule has 11 nitrogen and oxygen atoms in total. The Hall–Kier alpha value is -4.55. The molecule has 1 aliphatic heterocycles. The molecule has 2 atom stereocenters. The molecule has 0 saturated carbocycles. The fraction of sp³-hybridized carbons (Fsp3) is 0.364. The Bertz CT molecular complexity index is 1710. The number of alkyl carbamates (subject to hydrolysis) is 1. The van der Waals surface area contributed by atoms with Crippen molar-refractivity contribution >= 4 is 46.2 Å². The maximum atomic E-state index is 14.5. The number of carbonyl (C=O) groups excluding carboxylic acids is 1. The largest absolute Gasteiger partial charge is 0.480 e. The van der Waals surface area contributed by atoms with E-state index in [9.17, 15) is 19.1 Å². The summed E-state index contributed by atoms with van der Waals surface area (Å²) in [7, 11) is 0. The fourth-order valence-corrected chi connectivity index (χ4v) is 5.55. The van der Waals surface area contributed by atoms with Crippen LogP contribution in [0.15, 0.2) is 61.1 Å². The van der Waals surface area contributed by atoms with E-state index < -0.39 is 23.7 Å². The zero-order chi connectivity index (χ0) is 33.0. The van der Waals surface area contributed by atoms with E-state index in [4.69, 9.17) is 16.3 Å². The predicted molar refractivity (Wildman–Crippen MR) is 176 cm³/mol. The molecule has 242 valence electrons. The van der Waals surface area contributed by atoms with Crippen LogP contribution in [0, 0.1) is 5.82 Å². The average molecular weight is 650 g/mol. The van der Waals surface area contributed by atoms with Gasteiger partial charge in [0.2, 0.25) is 5.95 Å². The van der Waals surface area contributed by atoms with Gasteiger partial charge in [-0.05, 0) is 51.5 Å². The second-order valence-electron chi connectivity index (χ2n) is 12.1. The van der Waals surface area contributed by atoms with Crippen molar-refractivity contribution in [3.8, 4) is 11.1 Å². The summed E-state index contributed by atoms with van der Waals surface area (Å²) in [5.74, 6) is -0.779. The number of carbonyl (C=O) groups is 2. The monoisotopic (exact) mass is 649 g/mol. The summed E-state index contributed by atoms with van der Waals surface area (Å²) >= 11 is 6.57. The highest BCUT2D eigenvalue weighted by molar-refractivity contribution is 6.34. The molecule has 3 heterocycles. The molecule has 1 unspecified atom stereocenters. The van der Waals surface area contributed by atoms with Gasteiger partial charge in [-0.25, -0.2) is 19.2 Å². The second kappa shape index (κ2) is 13.8. The minimum Gasteiger partial charge on any atom is -0.480 e. The number of anilines is 2. The van der Waals surface area contributed by atoms with Crippen molar-refractivity contribution < 1.29 is 23.8 Å². The molecule has 0 spiro atoms. The average Bonchev–Trinajstić information content (AvgIpc) is 3.02. The van der Waals surface area contributed by atoms with Crippen molar-refractivity contribution in [2.45, 2.75) is 45.4 Å². The number of nitrogens with one attached hydrogen (secondary N) is 2. The van der Waals surface area contributed by atoms with Gasteiger partial charge in [0.05, 0.1) is 22.3 Å². The number of hydrogen-bond acceptors (Lipinski definition) is 9. The summed E-state index contributed by atoms with van der Waals surface area (Å²) in [5, 5.41) is 16.9. The molecule has 0 bridgehead atoms. The summed E-state index contributed by atoms with van der Waals surface area (Å²) in [4.78, 5) is 41.5. The molecule has 0 radical (unpaired) electrons. The molecular weight excluding hydrogens is 613 g/mol. The van der Waals surface area contributed by atoms with Crippen molar-refractivity contribution in [3.63, 3.8) is 0 Å². The normalized spacial score (nSPS) is 15.3. The highest BCUT2D eigenvalue weighted by atomic mass is 35.5. The summed E-state index contributed by atoms with van der Waals surface area (Å²) in [6.45, 7) is 9.00. The Morgan fingerprint density at radius 2 is 1.72 bits per heavy atom. The van der Waals surface area contributed by atoms with Crippen molar-refractivity contribution in [3.05, 3.63) is 77.5 Å². The van der Waals surface area contributed by atoms with Gasteiger partial charge in [-0.15, -0.1) is 0 Å². The molecule has 0 aliphatic carbocycles. The summed E-state index contributed by atoms with van der Waals surface area (Å²) in [6, 6.07) is 11.2. The Morgan fingerprint density at radius 1 is 1.02 bits per heavy atom. The van der Waals surface area contributed by atoms with Gasteiger partial charge in [-0.3, -0.25) is 14.7 Å². The standard InChI is InChI=1S/C33H37ClFN7O4/c1-20(23-7-5-6-8-26(23)35)40-29-24-15-21(9-10-27(24)36-18-25(29)34)22-16-37-31(38-17-22)42-13-11-41(12-14-42)28(30(43)44)19-39-32(45)46-33(2,3)4/h5-10,15-18,20,28H,11-14,19H2,1-4H3,(H,36,40)(H,39,45)(H,43,44)/t20-,28?/m1/s1. The van der Waals surface area contributed by atoms with Gasteiger partial charge in [0.1, 0.15) is 17.5 Å². The van der Waals surface area contributed by atoms with Gasteiger partial charge < -0.3 is 25.4 Å². The molecule has 2 aromatic carbocycles. The molecule has 1 aliphatic rings. The Morgan fingerprint density at radius 3 is 2.37 bits per heavy atom. The quantitative estimate of drug-likeness (QED) is 0.206. The van der Waals surface area contributed by atoms with Crippen LogP contribution in [-0.4, -0.2) is 81.4 Å². The van der Waals surface area contributed by atoms with E-state index in [1.807, 2.05) is 34.9 Å². The number of nitrogens with zero attached hydrogens (tertiary/aromatic N) is 5. The highest BCUT2D eigenvalue weighted by Gasteiger charge is 2.30. The van der Waals surface area contributed by atoms with Crippen molar-refractivity contribution in [1.82, 2.24) is 25.2 Å². The number of amides is 1. The number of benzene rings is 2. The van der Waals surface area contributed by atoms with E-state index in [2.05, 4.69) is 25.6 Å². The lowest BCUT2D eigenvalue weighted by atomic mass is 10.0. The Balaban J connectivity index is 1.26. The first-order chi connectivity index (χ1) is 21.9. The van der Waals surface area contributed by atoms with Crippen LogP contribution in [-0.2, 0) is 9.53 Å². The fourth-order valence-electron chi connectivity index (χ4n) is 5.35. The number of aliphatic carboxylic acids is 1. The molecule has 1 fully saturated rings. The van der Waals surface area contributed by atoms with Gasteiger partial charge in [-0.2, -0.15) is 0 Å². The number of carboxylic acids is 1. The number of piperazine rings is 1. The van der Waals surface area contributed by atoms with Crippen LogP contribution in [0.2, 0.25) is 5.02 Å². The van der Waals surface area contributed by atoms with Crippen LogP contribution < -0.4 is 15.5 Å². The van der Waals surface area contributed by atoms with E-state index in [-0.39, 0.29) is 18.4 Å². The maximum absolute atomic E-state index is 14.5. The van der Waals surface area contributed by atoms with E-state index in [1.54, 1.807) is 57.6 Å².